The summed E-state index contributed by atoms with van der Waals surface area (Å²) in [6.45, 7) is 2.01. The maximum absolute atomic E-state index is 10.7. The molecule has 4 nitrogen and oxygen atoms in total. The first kappa shape index (κ1) is 10.9. The van der Waals surface area contributed by atoms with Gasteiger partial charge in [0.15, 0.2) is 0 Å². The monoisotopic (exact) mass is 207 g/mol. The Morgan fingerprint density at radius 3 is 2.85 bits per heavy atom. The lowest BCUT2D eigenvalue weighted by Crippen LogP contribution is -2.27. The Hall–Kier alpha value is -0.130. The van der Waals surface area contributed by atoms with Crippen molar-refractivity contribution in [2.75, 3.05) is 31.8 Å². The van der Waals surface area contributed by atoms with Gasteiger partial charge in [-0.2, -0.15) is 0 Å². The van der Waals surface area contributed by atoms with Crippen LogP contribution in [0.4, 0.5) is 0 Å². The molecule has 0 aromatic carbocycles. The zero-order valence-electron chi connectivity index (χ0n) is 7.95. The zero-order valence-corrected chi connectivity index (χ0v) is 8.77. The summed E-state index contributed by atoms with van der Waals surface area (Å²) in [6, 6.07) is 0.430. The lowest BCUT2D eigenvalue weighted by atomic mass is 10.2. The summed E-state index contributed by atoms with van der Waals surface area (Å²) in [5.74, 6) is 0.125. The van der Waals surface area contributed by atoms with E-state index in [2.05, 4.69) is 5.32 Å². The first-order chi connectivity index (χ1) is 6.08. The molecule has 0 bridgehead atoms. The molecule has 0 aromatic heterocycles. The molecule has 1 N–H and O–H groups in total. The van der Waals surface area contributed by atoms with Crippen molar-refractivity contribution < 1.29 is 13.2 Å². The van der Waals surface area contributed by atoms with E-state index in [1.165, 1.54) is 12.7 Å². The topological polar surface area (TPSA) is 55.4 Å². The minimum absolute atomic E-state index is 0.125. The molecule has 1 fully saturated rings. The van der Waals surface area contributed by atoms with Gasteiger partial charge in [0.1, 0.15) is 9.84 Å². The first-order valence-corrected chi connectivity index (χ1v) is 6.63. The Morgan fingerprint density at radius 1 is 1.54 bits per heavy atom. The fraction of sp³-hybridized carbons (Fsp3) is 1.00. The van der Waals surface area contributed by atoms with Gasteiger partial charge in [-0.25, -0.2) is 8.42 Å². The summed E-state index contributed by atoms with van der Waals surface area (Å²) >= 11 is 0. The highest BCUT2D eigenvalue weighted by atomic mass is 32.2. The Morgan fingerprint density at radius 2 is 2.31 bits per heavy atom. The van der Waals surface area contributed by atoms with Gasteiger partial charge < -0.3 is 10.1 Å². The van der Waals surface area contributed by atoms with Gasteiger partial charge in [-0.3, -0.25) is 0 Å². The van der Waals surface area contributed by atoms with Crippen molar-refractivity contribution in [3.8, 4) is 0 Å². The minimum Gasteiger partial charge on any atom is -0.379 e. The largest absolute Gasteiger partial charge is 0.379 e. The van der Waals surface area contributed by atoms with Crippen LogP contribution in [0.2, 0.25) is 0 Å². The van der Waals surface area contributed by atoms with Crippen LogP contribution in [0.15, 0.2) is 0 Å². The van der Waals surface area contributed by atoms with E-state index in [4.69, 9.17) is 4.74 Å². The number of sulfone groups is 1. The third-order valence-electron chi connectivity index (χ3n) is 2.08. The van der Waals surface area contributed by atoms with Crippen LogP contribution >= 0.6 is 0 Å². The fourth-order valence-electron chi connectivity index (χ4n) is 1.33. The summed E-state index contributed by atoms with van der Waals surface area (Å²) in [5, 5.41) is 3.28. The maximum atomic E-state index is 10.7. The van der Waals surface area contributed by atoms with Crippen LogP contribution in [0.25, 0.3) is 0 Å². The van der Waals surface area contributed by atoms with E-state index in [0.717, 1.165) is 13.0 Å². The van der Waals surface area contributed by atoms with Crippen molar-refractivity contribution >= 4 is 9.84 Å². The van der Waals surface area contributed by atoms with Gasteiger partial charge in [0.05, 0.1) is 19.0 Å². The van der Waals surface area contributed by atoms with Gasteiger partial charge in [0.2, 0.25) is 0 Å². The molecule has 13 heavy (non-hydrogen) atoms. The predicted octanol–water partition coefficient (Wildman–Crippen LogP) is -0.200. The van der Waals surface area contributed by atoms with Gasteiger partial charge in [0, 0.05) is 12.3 Å². The van der Waals surface area contributed by atoms with Gasteiger partial charge in [0.25, 0.3) is 0 Å². The number of hydrogen-bond donors (Lipinski definition) is 1. The molecule has 1 aliphatic rings. The predicted molar refractivity (Wildman–Crippen MR) is 51.6 cm³/mol. The van der Waals surface area contributed by atoms with Crippen LogP contribution in [0, 0.1) is 0 Å². The lowest BCUT2D eigenvalue weighted by Gasteiger charge is -2.09. The second kappa shape index (κ2) is 4.93. The Bertz CT molecular complexity index is 232. The van der Waals surface area contributed by atoms with Crippen LogP contribution in [0.5, 0.6) is 0 Å². The lowest BCUT2D eigenvalue weighted by molar-refractivity contribution is 0.129. The van der Waals surface area contributed by atoms with Crippen molar-refractivity contribution in [2.45, 2.75) is 18.9 Å². The molecular formula is C8H17NO3S. The second-order valence-corrected chi connectivity index (χ2v) is 5.76. The summed E-state index contributed by atoms with van der Waals surface area (Å²) in [4.78, 5) is 0. The average molecular weight is 207 g/mol. The van der Waals surface area contributed by atoms with Gasteiger partial charge in [-0.1, -0.05) is 0 Å². The summed E-state index contributed by atoms with van der Waals surface area (Å²) in [5.41, 5.74) is 0. The van der Waals surface area contributed by atoms with Crippen LogP contribution in [0.3, 0.4) is 0 Å². The standard InChI is InChI=1S/C8H17NO3S/c1-13(10,11)6-5-12-7-8-3-2-4-9-8/h8-9H,2-7H2,1H3. The van der Waals surface area contributed by atoms with E-state index in [1.807, 2.05) is 0 Å². The van der Waals surface area contributed by atoms with E-state index in [9.17, 15) is 8.42 Å². The van der Waals surface area contributed by atoms with Crippen LogP contribution in [-0.4, -0.2) is 46.2 Å². The molecule has 0 aromatic rings. The normalized spacial score (nSPS) is 23.6. The van der Waals surface area contributed by atoms with Crippen LogP contribution < -0.4 is 5.32 Å². The molecule has 0 spiro atoms. The van der Waals surface area contributed by atoms with Crippen LogP contribution in [0.1, 0.15) is 12.8 Å². The third-order valence-corrected chi connectivity index (χ3v) is 2.99. The molecule has 1 saturated heterocycles. The molecule has 1 heterocycles. The van der Waals surface area contributed by atoms with Crippen molar-refractivity contribution in [3.05, 3.63) is 0 Å². The second-order valence-electron chi connectivity index (χ2n) is 3.50. The molecule has 1 aliphatic heterocycles. The molecular weight excluding hydrogens is 190 g/mol. The van der Waals surface area contributed by atoms with Gasteiger partial charge in [-0.05, 0) is 19.4 Å². The highest BCUT2D eigenvalue weighted by Crippen LogP contribution is 2.04. The van der Waals surface area contributed by atoms with Crippen molar-refractivity contribution in [2.24, 2.45) is 0 Å². The van der Waals surface area contributed by atoms with Crippen molar-refractivity contribution in [1.82, 2.24) is 5.32 Å². The smallest absolute Gasteiger partial charge is 0.149 e. The number of ether oxygens (including phenoxy) is 1. The Balaban J connectivity index is 2.01. The molecule has 0 aliphatic carbocycles. The molecule has 0 amide bonds. The number of nitrogens with one attached hydrogen (secondary N) is 1. The summed E-state index contributed by atoms with van der Waals surface area (Å²) < 4.78 is 26.7. The quantitative estimate of drug-likeness (QED) is 0.634. The molecule has 0 radical (unpaired) electrons. The van der Waals surface area contributed by atoms with Gasteiger partial charge >= 0.3 is 0 Å². The number of hydrogen-bond acceptors (Lipinski definition) is 4. The Kier molecular flexibility index (Phi) is 4.15. The molecule has 1 atom stereocenters. The SMILES string of the molecule is CS(=O)(=O)CCOCC1CCCN1. The molecule has 0 saturated carbocycles. The van der Waals surface area contributed by atoms with E-state index in [0.29, 0.717) is 19.3 Å². The third kappa shape index (κ3) is 5.23. The number of rotatable bonds is 5. The van der Waals surface area contributed by atoms with Crippen molar-refractivity contribution in [3.63, 3.8) is 0 Å². The van der Waals surface area contributed by atoms with E-state index in [-0.39, 0.29) is 5.75 Å². The summed E-state index contributed by atoms with van der Waals surface area (Å²) in [7, 11) is -2.87. The molecule has 78 valence electrons. The fourth-order valence-corrected chi connectivity index (χ4v) is 1.76. The van der Waals surface area contributed by atoms with E-state index in [1.54, 1.807) is 0 Å². The highest BCUT2D eigenvalue weighted by molar-refractivity contribution is 7.90. The zero-order chi connectivity index (χ0) is 9.73. The van der Waals surface area contributed by atoms with Crippen molar-refractivity contribution in [1.29, 1.82) is 0 Å². The molecule has 1 rings (SSSR count). The summed E-state index contributed by atoms with van der Waals surface area (Å²) in [6.07, 6.45) is 3.56. The van der Waals surface area contributed by atoms with Gasteiger partial charge in [-0.15, -0.1) is 0 Å². The van der Waals surface area contributed by atoms with Crippen LogP contribution in [-0.2, 0) is 14.6 Å². The molecule has 5 heteroatoms. The maximum Gasteiger partial charge on any atom is 0.149 e. The molecule has 1 unspecified atom stereocenters. The first-order valence-electron chi connectivity index (χ1n) is 4.57. The van der Waals surface area contributed by atoms with E-state index >= 15 is 0 Å². The van der Waals surface area contributed by atoms with E-state index < -0.39 is 9.84 Å². The highest BCUT2D eigenvalue weighted by Gasteiger charge is 2.13. The minimum atomic E-state index is -2.87. The Labute approximate surface area is 79.6 Å². The average Bonchev–Trinajstić information content (AvgIpc) is 2.48.